The number of rotatable bonds is 4. The molecule has 116 valence electrons. The van der Waals surface area contributed by atoms with E-state index < -0.39 is 18.5 Å². The number of nitrogens with zero attached hydrogens (tertiary/aromatic N) is 1. The molecule has 2 rings (SSSR count). The van der Waals surface area contributed by atoms with Crippen LogP contribution in [0, 0.1) is 13.8 Å². The lowest BCUT2D eigenvalue weighted by Gasteiger charge is -2.09. The van der Waals surface area contributed by atoms with E-state index in [0.717, 1.165) is 0 Å². The summed E-state index contributed by atoms with van der Waals surface area (Å²) in [5, 5.41) is 3.06. The smallest absolute Gasteiger partial charge is 0.374 e. The number of carbonyl (C=O) groups is 2. The Morgan fingerprint density at radius 1 is 1.32 bits per heavy atom. The first-order valence-electron chi connectivity index (χ1n) is 6.22. The van der Waals surface area contributed by atoms with Gasteiger partial charge in [-0.3, -0.25) is 4.79 Å². The standard InChI is InChI=1S/C14H12Cl2N2O4/c1-7-3-4-10(22-7)14(20)21-6-11(19)18-13-12(16)8(2)9(15)5-17-13/h3-5H,6H2,1-2H3,(H,17,18,19). The average Bonchev–Trinajstić information content (AvgIpc) is 2.92. The first-order valence-corrected chi connectivity index (χ1v) is 6.98. The Kier molecular flexibility index (Phi) is 5.05. The first-order chi connectivity index (χ1) is 10.4. The predicted octanol–water partition coefficient (Wildman–Crippen LogP) is 3.39. The number of hydrogen-bond acceptors (Lipinski definition) is 5. The first kappa shape index (κ1) is 16.3. The van der Waals surface area contributed by atoms with Crippen LogP contribution in [0.3, 0.4) is 0 Å². The molecule has 2 aromatic rings. The highest BCUT2D eigenvalue weighted by Gasteiger charge is 2.15. The zero-order valence-electron chi connectivity index (χ0n) is 11.8. The number of nitrogens with one attached hydrogen (secondary N) is 1. The molecule has 0 aliphatic heterocycles. The van der Waals surface area contributed by atoms with Crippen LogP contribution in [0.15, 0.2) is 22.7 Å². The number of hydrogen-bond donors (Lipinski definition) is 1. The maximum Gasteiger partial charge on any atom is 0.374 e. The molecule has 22 heavy (non-hydrogen) atoms. The summed E-state index contributed by atoms with van der Waals surface area (Å²) in [5.41, 5.74) is 0.594. The van der Waals surface area contributed by atoms with Gasteiger partial charge in [0.15, 0.2) is 12.4 Å². The molecular weight excluding hydrogens is 331 g/mol. The number of esters is 1. The van der Waals surface area contributed by atoms with Gasteiger partial charge in [0.25, 0.3) is 5.91 Å². The fourth-order valence-electron chi connectivity index (χ4n) is 1.56. The summed E-state index contributed by atoms with van der Waals surface area (Å²) in [7, 11) is 0. The number of carbonyl (C=O) groups excluding carboxylic acids is 2. The van der Waals surface area contributed by atoms with Crippen LogP contribution < -0.4 is 5.32 Å². The second-order valence-electron chi connectivity index (χ2n) is 4.43. The number of anilines is 1. The Morgan fingerprint density at radius 3 is 2.68 bits per heavy atom. The third-order valence-corrected chi connectivity index (χ3v) is 3.58. The van der Waals surface area contributed by atoms with E-state index in [1.807, 2.05) is 0 Å². The van der Waals surface area contributed by atoms with E-state index in [0.29, 0.717) is 16.3 Å². The van der Waals surface area contributed by atoms with Crippen LogP contribution in [0.25, 0.3) is 0 Å². The van der Waals surface area contributed by atoms with Gasteiger partial charge in [-0.25, -0.2) is 9.78 Å². The molecule has 0 bridgehead atoms. The van der Waals surface area contributed by atoms with Crippen LogP contribution in [-0.4, -0.2) is 23.5 Å². The normalized spacial score (nSPS) is 10.4. The van der Waals surface area contributed by atoms with Gasteiger partial charge in [-0.15, -0.1) is 0 Å². The van der Waals surface area contributed by atoms with Crippen molar-refractivity contribution in [1.29, 1.82) is 0 Å². The van der Waals surface area contributed by atoms with Gasteiger partial charge in [-0.2, -0.15) is 0 Å². The number of aryl methyl sites for hydroxylation is 1. The number of halogens is 2. The lowest BCUT2D eigenvalue weighted by molar-refractivity contribution is -0.119. The van der Waals surface area contributed by atoms with E-state index in [-0.39, 0.29) is 16.6 Å². The molecular formula is C14H12Cl2N2O4. The van der Waals surface area contributed by atoms with Gasteiger partial charge in [0, 0.05) is 6.20 Å². The third kappa shape index (κ3) is 3.78. The summed E-state index contributed by atoms with van der Waals surface area (Å²) in [4.78, 5) is 27.3. The van der Waals surface area contributed by atoms with Gasteiger partial charge in [-0.1, -0.05) is 23.2 Å². The maximum atomic E-state index is 11.8. The summed E-state index contributed by atoms with van der Waals surface area (Å²) in [6.07, 6.45) is 1.37. The van der Waals surface area contributed by atoms with Crippen molar-refractivity contribution < 1.29 is 18.7 Å². The van der Waals surface area contributed by atoms with Crippen molar-refractivity contribution in [1.82, 2.24) is 4.98 Å². The number of aromatic nitrogens is 1. The third-order valence-electron chi connectivity index (χ3n) is 2.74. The van der Waals surface area contributed by atoms with Crippen LogP contribution in [-0.2, 0) is 9.53 Å². The molecule has 2 heterocycles. The van der Waals surface area contributed by atoms with E-state index in [9.17, 15) is 9.59 Å². The second-order valence-corrected chi connectivity index (χ2v) is 5.21. The van der Waals surface area contributed by atoms with Crippen molar-refractivity contribution in [3.8, 4) is 0 Å². The van der Waals surface area contributed by atoms with Crippen molar-refractivity contribution >= 4 is 40.9 Å². The summed E-state index contributed by atoms with van der Waals surface area (Å²) < 4.78 is 9.92. The Hall–Kier alpha value is -2.05. The monoisotopic (exact) mass is 342 g/mol. The van der Waals surface area contributed by atoms with Crippen molar-refractivity contribution in [2.45, 2.75) is 13.8 Å². The maximum absolute atomic E-state index is 11.8. The van der Waals surface area contributed by atoms with Crippen LogP contribution in [0.2, 0.25) is 10.0 Å². The van der Waals surface area contributed by atoms with Crippen molar-refractivity contribution in [3.63, 3.8) is 0 Å². The molecule has 0 saturated carbocycles. The highest BCUT2D eigenvalue weighted by molar-refractivity contribution is 6.37. The Bertz CT molecular complexity index is 728. The predicted molar refractivity (Wildman–Crippen MR) is 81.4 cm³/mol. The quantitative estimate of drug-likeness (QED) is 0.861. The molecule has 6 nitrogen and oxygen atoms in total. The fourth-order valence-corrected chi connectivity index (χ4v) is 1.95. The Morgan fingerprint density at radius 2 is 2.05 bits per heavy atom. The zero-order valence-corrected chi connectivity index (χ0v) is 13.3. The molecule has 2 aromatic heterocycles. The van der Waals surface area contributed by atoms with Gasteiger partial charge in [0.05, 0.1) is 10.0 Å². The molecule has 1 N–H and O–H groups in total. The topological polar surface area (TPSA) is 81.4 Å². The molecule has 0 radical (unpaired) electrons. The van der Waals surface area contributed by atoms with Crippen molar-refractivity contribution in [2.75, 3.05) is 11.9 Å². The molecule has 0 unspecified atom stereocenters. The second kappa shape index (κ2) is 6.81. The Labute approximate surface area is 136 Å². The summed E-state index contributed by atoms with van der Waals surface area (Å²) in [5.74, 6) is -0.548. The molecule has 0 aliphatic carbocycles. The molecule has 0 fully saturated rings. The molecule has 0 spiro atoms. The van der Waals surface area contributed by atoms with Crippen LogP contribution in [0.4, 0.5) is 5.82 Å². The van der Waals surface area contributed by atoms with E-state index in [2.05, 4.69) is 10.3 Å². The van der Waals surface area contributed by atoms with Gasteiger partial charge in [0.1, 0.15) is 5.76 Å². The van der Waals surface area contributed by atoms with E-state index in [4.69, 9.17) is 32.4 Å². The molecule has 8 heteroatoms. The minimum absolute atomic E-state index is 0.0313. The highest BCUT2D eigenvalue weighted by Crippen LogP contribution is 2.28. The van der Waals surface area contributed by atoms with Crippen molar-refractivity contribution in [2.24, 2.45) is 0 Å². The van der Waals surface area contributed by atoms with Gasteiger partial charge < -0.3 is 14.5 Å². The minimum atomic E-state index is -0.727. The van der Waals surface area contributed by atoms with Crippen LogP contribution in [0.1, 0.15) is 21.9 Å². The summed E-state index contributed by atoms with van der Waals surface area (Å²) in [6, 6.07) is 3.09. The minimum Gasteiger partial charge on any atom is -0.454 e. The van der Waals surface area contributed by atoms with E-state index in [1.54, 1.807) is 19.9 Å². The summed E-state index contributed by atoms with van der Waals surface area (Å²) >= 11 is 11.9. The molecule has 1 amide bonds. The lowest BCUT2D eigenvalue weighted by Crippen LogP contribution is -2.21. The molecule has 0 aliphatic rings. The van der Waals surface area contributed by atoms with Crippen molar-refractivity contribution in [3.05, 3.63) is 45.5 Å². The highest BCUT2D eigenvalue weighted by atomic mass is 35.5. The largest absolute Gasteiger partial charge is 0.454 e. The van der Waals surface area contributed by atoms with Gasteiger partial charge in [0.2, 0.25) is 5.76 Å². The summed E-state index contributed by atoms with van der Waals surface area (Å²) in [6.45, 7) is 2.90. The number of ether oxygens (including phenoxy) is 1. The number of furan rings is 1. The fraction of sp³-hybridized carbons (Fsp3) is 0.214. The van der Waals surface area contributed by atoms with Gasteiger partial charge in [-0.05, 0) is 31.5 Å². The molecule has 0 atom stereocenters. The average molecular weight is 343 g/mol. The van der Waals surface area contributed by atoms with Crippen LogP contribution in [0.5, 0.6) is 0 Å². The lowest BCUT2D eigenvalue weighted by atomic mass is 10.3. The van der Waals surface area contributed by atoms with Crippen LogP contribution >= 0.6 is 23.2 Å². The zero-order chi connectivity index (χ0) is 16.3. The van der Waals surface area contributed by atoms with E-state index in [1.165, 1.54) is 12.3 Å². The van der Waals surface area contributed by atoms with E-state index >= 15 is 0 Å². The number of pyridine rings is 1. The number of amides is 1. The SMILES string of the molecule is Cc1ccc(C(=O)OCC(=O)Nc2ncc(Cl)c(C)c2Cl)o1. The molecule has 0 aromatic carbocycles. The molecule has 0 saturated heterocycles. The van der Waals surface area contributed by atoms with Gasteiger partial charge >= 0.3 is 5.97 Å². The Balaban J connectivity index is 1.94.